The number of rotatable bonds is 0. The lowest BCUT2D eigenvalue weighted by molar-refractivity contribution is 0.459. The van der Waals surface area contributed by atoms with Crippen LogP contribution in [-0.2, 0) is 5.41 Å². The largest absolute Gasteiger partial charge is 0.458 e. The molecule has 3 aromatic rings. The Morgan fingerprint density at radius 3 is 1.54 bits per heavy atom. The molecule has 0 radical (unpaired) electrons. The highest BCUT2D eigenvalue weighted by Gasteiger charge is 2.49. The molecule has 0 aromatic heterocycles. The average Bonchev–Trinajstić information content (AvgIpc) is 2.59. The molecule has 2 nitrogen and oxygen atoms in total. The molecule has 3 aliphatic rings. The normalized spacial score (nSPS) is 16.8. The maximum atomic E-state index is 6.26. The van der Waals surface area contributed by atoms with Crippen LogP contribution >= 0.6 is 0 Å². The molecular formula is C21H15BO2. The number of hydrogen-bond acceptors (Lipinski definition) is 2. The zero-order valence-electron chi connectivity index (χ0n) is 13.6. The van der Waals surface area contributed by atoms with Gasteiger partial charge in [-0.05, 0) is 46.3 Å². The van der Waals surface area contributed by atoms with E-state index in [1.165, 1.54) is 27.5 Å². The van der Waals surface area contributed by atoms with Crippen LogP contribution in [0.1, 0.15) is 25.0 Å². The van der Waals surface area contributed by atoms with Crippen molar-refractivity contribution in [3.05, 3.63) is 65.7 Å². The third kappa shape index (κ3) is 1.28. The van der Waals surface area contributed by atoms with Gasteiger partial charge < -0.3 is 9.47 Å². The monoisotopic (exact) mass is 310 g/mol. The Morgan fingerprint density at radius 2 is 1.04 bits per heavy atom. The number of hydrogen-bond donors (Lipinski definition) is 0. The first-order chi connectivity index (χ1) is 11.7. The highest BCUT2D eigenvalue weighted by atomic mass is 16.5. The fraction of sp³-hybridized carbons (Fsp3) is 0.143. The summed E-state index contributed by atoms with van der Waals surface area (Å²) in [7, 11) is 0. The molecule has 0 bridgehead atoms. The van der Waals surface area contributed by atoms with Gasteiger partial charge in [-0.15, -0.1) is 0 Å². The van der Waals surface area contributed by atoms with E-state index in [4.69, 9.17) is 9.47 Å². The van der Waals surface area contributed by atoms with Crippen molar-refractivity contribution in [2.75, 3.05) is 0 Å². The van der Waals surface area contributed by atoms with Gasteiger partial charge in [-0.2, -0.15) is 0 Å². The zero-order valence-corrected chi connectivity index (χ0v) is 13.6. The molecule has 3 aromatic carbocycles. The SMILES string of the molecule is CC1(C)c2cccc3c2B2c4c(cccc4Oc4cccc1c42)O3. The van der Waals surface area contributed by atoms with Crippen LogP contribution in [-0.4, -0.2) is 6.71 Å². The molecule has 0 fully saturated rings. The third-order valence-corrected chi connectivity index (χ3v) is 5.81. The molecule has 0 atom stereocenters. The minimum atomic E-state index is -0.0658. The quantitative estimate of drug-likeness (QED) is 0.409. The molecule has 3 aliphatic heterocycles. The van der Waals surface area contributed by atoms with E-state index in [2.05, 4.69) is 50.2 Å². The lowest BCUT2D eigenvalue weighted by Crippen LogP contribution is -2.64. The van der Waals surface area contributed by atoms with E-state index in [0.29, 0.717) is 0 Å². The van der Waals surface area contributed by atoms with Gasteiger partial charge in [0, 0.05) is 10.9 Å². The number of benzene rings is 3. The van der Waals surface area contributed by atoms with E-state index < -0.39 is 0 Å². The maximum Gasteiger partial charge on any atom is 0.261 e. The summed E-state index contributed by atoms with van der Waals surface area (Å²) in [6.07, 6.45) is 0. The van der Waals surface area contributed by atoms with Crippen LogP contribution in [0.15, 0.2) is 54.6 Å². The van der Waals surface area contributed by atoms with Crippen LogP contribution in [0.25, 0.3) is 0 Å². The number of ether oxygens (including phenoxy) is 2. The van der Waals surface area contributed by atoms with Crippen LogP contribution in [0.3, 0.4) is 0 Å². The lowest BCUT2D eigenvalue weighted by Gasteiger charge is -2.44. The lowest BCUT2D eigenvalue weighted by atomic mass is 9.30. The Labute approximate surface area is 141 Å². The average molecular weight is 310 g/mol. The first-order valence-electron chi connectivity index (χ1n) is 8.41. The van der Waals surface area contributed by atoms with Crippen molar-refractivity contribution in [3.63, 3.8) is 0 Å². The molecular weight excluding hydrogens is 295 g/mol. The summed E-state index contributed by atoms with van der Waals surface area (Å²) in [5.74, 6) is 3.81. The standard InChI is InChI=1S/C21H15BO2/c1-21(2)12-6-3-8-14-18(12)22-19-13(21)7-4-9-15(19)24-17-11-5-10-16(23-14)20(17)22/h3-11H,1-2H3. The summed E-state index contributed by atoms with van der Waals surface area (Å²) < 4.78 is 12.5. The van der Waals surface area contributed by atoms with Crippen LogP contribution in [0, 0.1) is 0 Å². The van der Waals surface area contributed by atoms with Crippen molar-refractivity contribution >= 4 is 23.1 Å². The molecule has 0 saturated heterocycles. The molecule has 3 heterocycles. The fourth-order valence-electron chi connectivity index (χ4n) is 4.75. The Balaban J connectivity index is 1.83. The molecule has 24 heavy (non-hydrogen) atoms. The predicted octanol–water partition coefficient (Wildman–Crippen LogP) is 3.05. The predicted molar refractivity (Wildman–Crippen MR) is 96.3 cm³/mol. The summed E-state index contributed by atoms with van der Waals surface area (Å²) in [5, 5.41) is 0. The second kappa shape index (κ2) is 3.86. The van der Waals surface area contributed by atoms with Gasteiger partial charge >= 0.3 is 0 Å². The van der Waals surface area contributed by atoms with Crippen molar-refractivity contribution in [3.8, 4) is 23.0 Å². The Kier molecular flexibility index (Phi) is 2.05. The smallest absolute Gasteiger partial charge is 0.261 e. The van der Waals surface area contributed by atoms with E-state index in [9.17, 15) is 0 Å². The molecule has 114 valence electrons. The van der Waals surface area contributed by atoms with E-state index in [-0.39, 0.29) is 12.1 Å². The topological polar surface area (TPSA) is 18.5 Å². The van der Waals surface area contributed by atoms with Crippen molar-refractivity contribution in [1.82, 2.24) is 0 Å². The molecule has 0 aliphatic carbocycles. The minimum Gasteiger partial charge on any atom is -0.458 e. The Hall–Kier alpha value is -2.68. The van der Waals surface area contributed by atoms with Gasteiger partial charge in [0.25, 0.3) is 6.71 Å². The van der Waals surface area contributed by atoms with Crippen molar-refractivity contribution < 1.29 is 9.47 Å². The highest BCUT2D eigenvalue weighted by molar-refractivity contribution is 6.99. The van der Waals surface area contributed by atoms with Crippen LogP contribution in [0.5, 0.6) is 23.0 Å². The molecule has 0 N–H and O–H groups in total. The summed E-state index contributed by atoms with van der Waals surface area (Å²) >= 11 is 0. The van der Waals surface area contributed by atoms with Gasteiger partial charge in [-0.1, -0.05) is 44.2 Å². The van der Waals surface area contributed by atoms with Gasteiger partial charge in [0.2, 0.25) is 0 Å². The van der Waals surface area contributed by atoms with E-state index in [0.717, 1.165) is 23.0 Å². The van der Waals surface area contributed by atoms with Crippen LogP contribution in [0.4, 0.5) is 0 Å². The summed E-state index contributed by atoms with van der Waals surface area (Å²) in [4.78, 5) is 0. The molecule has 0 spiro atoms. The van der Waals surface area contributed by atoms with Gasteiger partial charge in [-0.3, -0.25) is 0 Å². The van der Waals surface area contributed by atoms with Gasteiger partial charge in [-0.25, -0.2) is 0 Å². The minimum absolute atomic E-state index is 0.0658. The molecule has 6 rings (SSSR count). The molecule has 0 amide bonds. The first kappa shape index (κ1) is 12.7. The van der Waals surface area contributed by atoms with Crippen molar-refractivity contribution in [1.29, 1.82) is 0 Å². The summed E-state index contributed by atoms with van der Waals surface area (Å²) in [6.45, 7) is 4.80. The molecule has 0 unspecified atom stereocenters. The second-order valence-corrected chi connectivity index (χ2v) is 7.36. The first-order valence-corrected chi connectivity index (χ1v) is 8.41. The van der Waals surface area contributed by atoms with Crippen molar-refractivity contribution in [2.45, 2.75) is 19.3 Å². The van der Waals surface area contributed by atoms with Gasteiger partial charge in [0.05, 0.1) is 0 Å². The Morgan fingerprint density at radius 1 is 0.625 bits per heavy atom. The fourth-order valence-corrected chi connectivity index (χ4v) is 4.75. The van der Waals surface area contributed by atoms with E-state index in [1.54, 1.807) is 0 Å². The third-order valence-electron chi connectivity index (χ3n) is 5.81. The van der Waals surface area contributed by atoms with E-state index >= 15 is 0 Å². The van der Waals surface area contributed by atoms with Crippen LogP contribution in [0.2, 0.25) is 0 Å². The zero-order chi connectivity index (χ0) is 16.1. The second-order valence-electron chi connectivity index (χ2n) is 7.36. The summed E-state index contributed by atoms with van der Waals surface area (Å²) in [6, 6.07) is 19.0. The van der Waals surface area contributed by atoms with Crippen LogP contribution < -0.4 is 25.9 Å². The highest BCUT2D eigenvalue weighted by Crippen LogP contribution is 2.43. The molecule has 3 heteroatoms. The summed E-state index contributed by atoms with van der Waals surface area (Å²) in [5.41, 5.74) is 6.45. The maximum absolute atomic E-state index is 6.26. The van der Waals surface area contributed by atoms with Gasteiger partial charge in [0.15, 0.2) is 0 Å². The van der Waals surface area contributed by atoms with E-state index in [1.807, 2.05) is 18.2 Å². The van der Waals surface area contributed by atoms with Crippen molar-refractivity contribution in [2.24, 2.45) is 0 Å². The Bertz CT molecular complexity index is 974. The molecule has 0 saturated carbocycles. The van der Waals surface area contributed by atoms with Gasteiger partial charge in [0.1, 0.15) is 23.0 Å².